The van der Waals surface area contributed by atoms with Gasteiger partial charge in [-0.3, -0.25) is 15.0 Å². The lowest BCUT2D eigenvalue weighted by Crippen LogP contribution is -2.38. The number of carbonyl (C=O) groups excluding carboxylic acids is 2. The normalized spacial score (nSPS) is 12.1. The number of H-pyrrole nitrogens is 1. The highest BCUT2D eigenvalue weighted by Crippen LogP contribution is 2.42. The number of nitrogen functional groups attached to an aromatic ring is 1. The summed E-state index contributed by atoms with van der Waals surface area (Å²) in [7, 11) is -4.19. The molecule has 0 saturated carbocycles. The average molecular weight is 581 g/mol. The molecule has 4 rings (SSSR count). The lowest BCUT2D eigenvalue weighted by Gasteiger charge is -2.15. The van der Waals surface area contributed by atoms with Crippen LogP contribution in [0.3, 0.4) is 0 Å². The topological polar surface area (TPSA) is 263 Å². The highest BCUT2D eigenvalue weighted by Gasteiger charge is 2.22. The van der Waals surface area contributed by atoms with Gasteiger partial charge in [0.2, 0.25) is 15.9 Å². The number of nitrogens with two attached hydrogens (primary N) is 2. The van der Waals surface area contributed by atoms with Crippen molar-refractivity contribution < 1.29 is 38.1 Å². The number of phenolic OH excluding ortho intramolecular Hbond substituents is 2. The Morgan fingerprint density at radius 1 is 1.07 bits per heavy atom. The number of aldehydes is 1. The van der Waals surface area contributed by atoms with Crippen LogP contribution in [0.5, 0.6) is 11.5 Å². The summed E-state index contributed by atoms with van der Waals surface area (Å²) >= 11 is 0. The van der Waals surface area contributed by atoms with Gasteiger partial charge in [0.1, 0.15) is 29.4 Å². The molecule has 212 valence electrons. The smallest absolute Gasteiger partial charge is 0.305 e. The third-order valence-electron chi connectivity index (χ3n) is 6.08. The Kier molecular flexibility index (Phi) is 7.75. The zero-order chi connectivity index (χ0) is 30.1. The van der Waals surface area contributed by atoms with E-state index in [1.807, 2.05) is 0 Å². The van der Waals surface area contributed by atoms with Crippen molar-refractivity contribution in [2.24, 2.45) is 10.9 Å². The molecule has 0 bridgehead atoms. The number of hydrogen-bond acceptors (Lipinski definition) is 9. The average Bonchev–Trinajstić information content (AvgIpc) is 3.31. The number of sulfonamides is 1. The molecular weight excluding hydrogens is 556 g/mol. The van der Waals surface area contributed by atoms with Gasteiger partial charge in [-0.25, -0.2) is 18.5 Å². The van der Waals surface area contributed by atoms with Crippen LogP contribution in [0.15, 0.2) is 53.4 Å². The molecule has 1 atom stereocenters. The number of nitrogens with one attached hydrogen (secondary N) is 3. The zero-order valence-corrected chi connectivity index (χ0v) is 21.9. The first-order valence-corrected chi connectivity index (χ1v) is 13.3. The molecule has 0 aliphatic rings. The Balaban J connectivity index is 1.87. The number of fused-ring (bicyclic) bond motifs is 1. The van der Waals surface area contributed by atoms with Gasteiger partial charge < -0.3 is 36.1 Å². The number of carbonyl (C=O) groups is 3. The van der Waals surface area contributed by atoms with E-state index in [1.165, 1.54) is 12.1 Å². The molecule has 0 aliphatic carbocycles. The summed E-state index contributed by atoms with van der Waals surface area (Å²) in [5.41, 5.74) is 6.99. The van der Waals surface area contributed by atoms with E-state index in [1.54, 1.807) is 18.2 Å². The summed E-state index contributed by atoms with van der Waals surface area (Å²) in [5.74, 6) is -2.91. The Morgan fingerprint density at radius 2 is 1.78 bits per heavy atom. The molecule has 0 unspecified atom stereocenters. The summed E-state index contributed by atoms with van der Waals surface area (Å²) < 4.78 is 23.9. The van der Waals surface area contributed by atoms with Crippen molar-refractivity contribution >= 4 is 45.1 Å². The molecule has 3 aromatic carbocycles. The molecule has 4 aromatic rings. The van der Waals surface area contributed by atoms with E-state index in [2.05, 4.69) is 15.3 Å². The van der Waals surface area contributed by atoms with Crippen LogP contribution in [0.4, 0.5) is 0 Å². The van der Waals surface area contributed by atoms with E-state index >= 15 is 0 Å². The number of carboxylic acid groups (broad SMARTS) is 1. The van der Waals surface area contributed by atoms with Crippen LogP contribution >= 0.6 is 0 Å². The highest BCUT2D eigenvalue weighted by molar-refractivity contribution is 7.89. The number of aliphatic carboxylic acids is 1. The molecule has 0 fully saturated rings. The second-order valence-corrected chi connectivity index (χ2v) is 10.6. The van der Waals surface area contributed by atoms with Crippen LogP contribution in [0.2, 0.25) is 0 Å². The second-order valence-electron chi connectivity index (χ2n) is 9.08. The van der Waals surface area contributed by atoms with Crippen LogP contribution in [0.1, 0.15) is 17.5 Å². The quantitative estimate of drug-likeness (QED) is 0.0747. The van der Waals surface area contributed by atoms with Crippen LogP contribution in [0.25, 0.3) is 33.5 Å². The van der Waals surface area contributed by atoms with Gasteiger partial charge in [0.25, 0.3) is 0 Å². The van der Waals surface area contributed by atoms with E-state index in [0.717, 1.165) is 18.2 Å². The van der Waals surface area contributed by atoms with Gasteiger partial charge >= 0.3 is 5.97 Å². The molecule has 0 radical (unpaired) electrons. The number of aromatic amines is 1. The van der Waals surface area contributed by atoms with Crippen molar-refractivity contribution in [3.63, 3.8) is 0 Å². The number of rotatable bonds is 10. The van der Waals surface area contributed by atoms with Crippen molar-refractivity contribution in [1.29, 1.82) is 5.41 Å². The third-order valence-corrected chi connectivity index (χ3v) is 6.99. The molecule has 1 amide bonds. The Labute approximate surface area is 232 Å². The van der Waals surface area contributed by atoms with E-state index in [-0.39, 0.29) is 38.8 Å². The molecule has 41 heavy (non-hydrogen) atoms. The number of aromatic nitrogens is 2. The van der Waals surface area contributed by atoms with Gasteiger partial charge in [0, 0.05) is 16.7 Å². The maximum atomic E-state index is 12.7. The van der Waals surface area contributed by atoms with Crippen molar-refractivity contribution in [2.45, 2.75) is 23.8 Å². The molecule has 15 heteroatoms. The predicted molar refractivity (Wildman–Crippen MR) is 147 cm³/mol. The van der Waals surface area contributed by atoms with Gasteiger partial charge in [-0.15, -0.1) is 0 Å². The Bertz CT molecular complexity index is 1830. The fraction of sp³-hybridized carbons (Fsp3) is 0.115. The van der Waals surface area contributed by atoms with Crippen molar-refractivity contribution in [3.8, 4) is 34.0 Å². The Hall–Kier alpha value is -5.28. The molecule has 10 N–H and O–H groups in total. The van der Waals surface area contributed by atoms with Crippen molar-refractivity contribution in [2.75, 3.05) is 0 Å². The maximum Gasteiger partial charge on any atom is 0.305 e. The number of amidine groups is 1. The van der Waals surface area contributed by atoms with Gasteiger partial charge in [-0.1, -0.05) is 0 Å². The van der Waals surface area contributed by atoms with Gasteiger partial charge in [-0.2, -0.15) is 0 Å². The predicted octanol–water partition coefficient (Wildman–Crippen LogP) is 0.940. The highest BCUT2D eigenvalue weighted by atomic mass is 32.2. The maximum absolute atomic E-state index is 12.7. The number of aromatic hydroxyl groups is 2. The SMILES string of the molecule is N=C(N)c1ccc2[nH]c(-c3cc(CC(=O)N[C@@H](C=O)CC(=O)O)cc(-c4cc(S(N)(=O)=O)ccc4O)c3O)nc2c1. The minimum absolute atomic E-state index is 0.0590. The summed E-state index contributed by atoms with van der Waals surface area (Å²) in [4.78, 5) is 42.0. The largest absolute Gasteiger partial charge is 0.507 e. The lowest BCUT2D eigenvalue weighted by atomic mass is 9.95. The number of nitrogens with zero attached hydrogens (tertiary/aromatic N) is 1. The van der Waals surface area contributed by atoms with Crippen LogP contribution in [-0.4, -0.2) is 63.7 Å². The van der Waals surface area contributed by atoms with Gasteiger partial charge in [-0.05, 0) is 54.1 Å². The number of benzene rings is 3. The summed E-state index contributed by atoms with van der Waals surface area (Å²) in [6.07, 6.45) is -0.731. The standard InChI is InChI=1S/C26H24N6O8S/c27-25(28)13-1-3-19-20(8-13)32-26(31-19)18-6-12(7-22(35)30-14(11-33)9-23(36)37)5-17(24(18)38)16-10-15(41(29,39)40)2-4-21(16)34/h1-6,8,10-11,14,34,38H,7,9H2,(H3,27,28)(H,30,35)(H,31,32)(H,36,37)(H2,29,39,40)/t14-/m1/s1. The number of amides is 1. The summed E-state index contributed by atoms with van der Waals surface area (Å²) in [6, 6.07) is 9.45. The minimum atomic E-state index is -4.19. The first-order valence-electron chi connectivity index (χ1n) is 11.8. The van der Waals surface area contributed by atoms with Crippen molar-refractivity contribution in [3.05, 3.63) is 59.7 Å². The first kappa shape index (κ1) is 28.7. The molecule has 0 saturated heterocycles. The van der Waals surface area contributed by atoms with E-state index < -0.39 is 52.3 Å². The van der Waals surface area contributed by atoms with Crippen LogP contribution < -0.4 is 16.2 Å². The number of hydrogen-bond donors (Lipinski definition) is 8. The van der Waals surface area contributed by atoms with E-state index in [4.69, 9.17) is 21.4 Å². The molecule has 0 aliphatic heterocycles. The summed E-state index contributed by atoms with van der Waals surface area (Å²) in [6.45, 7) is 0. The first-order chi connectivity index (χ1) is 19.3. The number of phenols is 2. The number of carboxylic acids is 1. The van der Waals surface area contributed by atoms with E-state index in [9.17, 15) is 33.0 Å². The Morgan fingerprint density at radius 3 is 2.41 bits per heavy atom. The third kappa shape index (κ3) is 6.32. The van der Waals surface area contributed by atoms with E-state index in [0.29, 0.717) is 22.9 Å². The second kappa shape index (κ2) is 11.1. The fourth-order valence-corrected chi connectivity index (χ4v) is 4.70. The van der Waals surface area contributed by atoms with Crippen LogP contribution in [-0.2, 0) is 30.8 Å². The minimum Gasteiger partial charge on any atom is -0.507 e. The summed E-state index contributed by atoms with van der Waals surface area (Å²) in [5, 5.41) is 46.0. The van der Waals surface area contributed by atoms with Crippen LogP contribution in [0, 0.1) is 5.41 Å². The van der Waals surface area contributed by atoms with Crippen molar-refractivity contribution in [1.82, 2.24) is 15.3 Å². The molecule has 14 nitrogen and oxygen atoms in total. The van der Waals surface area contributed by atoms with Gasteiger partial charge in [0.05, 0.1) is 40.4 Å². The molecule has 1 heterocycles. The fourth-order valence-electron chi connectivity index (χ4n) is 4.16. The molecule has 0 spiro atoms. The van der Waals surface area contributed by atoms with Gasteiger partial charge in [0.15, 0.2) is 0 Å². The lowest BCUT2D eigenvalue weighted by molar-refractivity contribution is -0.138. The molecular formula is C26H24N6O8S. The number of imidazole rings is 1. The number of primary sulfonamides is 1. The monoisotopic (exact) mass is 580 g/mol. The zero-order valence-electron chi connectivity index (χ0n) is 21.1. The molecule has 1 aromatic heterocycles.